The average Bonchev–Trinajstić information content (AvgIpc) is 1.44. The van der Waals surface area contributed by atoms with E-state index in [1.165, 1.54) is 45.2 Å². The van der Waals surface area contributed by atoms with Crippen LogP contribution in [0.4, 0.5) is 20.1 Å². The third-order valence-corrected chi connectivity index (χ3v) is 28.3. The Kier molecular flexibility index (Phi) is 22.9. The van der Waals surface area contributed by atoms with E-state index in [1.807, 2.05) is 37.3 Å². The number of alkyl carbamates (subject to hydrolysis) is 1. The molecule has 10 aliphatic rings. The Bertz CT molecular complexity index is 3710. The number of hydrogen-bond acceptors (Lipinski definition) is 24. The van der Waals surface area contributed by atoms with Crippen LogP contribution in [0.3, 0.4) is 0 Å². The maximum absolute atomic E-state index is 16.4. The van der Waals surface area contributed by atoms with Crippen molar-refractivity contribution < 1.29 is 94.2 Å². The van der Waals surface area contributed by atoms with Crippen LogP contribution in [0.2, 0.25) is 0 Å². The molecule has 9 heterocycles. The number of nitrogens with zero attached hydrogens (tertiary/aromatic N) is 5. The van der Waals surface area contributed by atoms with Gasteiger partial charge in [-0.15, -0.1) is 0 Å². The fourth-order valence-electron chi connectivity index (χ4n) is 14.9. The third kappa shape index (κ3) is 13.6. The van der Waals surface area contributed by atoms with Crippen LogP contribution in [0.15, 0.2) is 83.8 Å². The summed E-state index contributed by atoms with van der Waals surface area (Å²) in [5.41, 5.74) is -1.54. The van der Waals surface area contributed by atoms with Crippen LogP contribution in [-0.2, 0) is 98.7 Å². The second-order valence-corrected chi connectivity index (χ2v) is 33.7. The Labute approximate surface area is 596 Å². The zero-order chi connectivity index (χ0) is 71.3. The molecule has 100 heavy (non-hydrogen) atoms. The first-order chi connectivity index (χ1) is 47.9. The molecule has 13 rings (SSSR count). The fraction of sp³-hybridized carbons (Fsp3) is 0.597. The highest BCUT2D eigenvalue weighted by atomic mass is 33.1. The summed E-state index contributed by atoms with van der Waals surface area (Å²) in [5, 5.41) is 8.18. The number of sulfonamides is 1. The minimum atomic E-state index is -4.71. The number of unbranched alkanes of at least 4 members (excludes halogenated alkanes) is 2. The summed E-state index contributed by atoms with van der Waals surface area (Å²) >= 11 is 0. The van der Waals surface area contributed by atoms with E-state index in [-0.39, 0.29) is 114 Å². The summed E-state index contributed by atoms with van der Waals surface area (Å²) in [6.45, 7) is 9.57. The zero-order valence-corrected chi connectivity index (χ0v) is 60.9. The molecule has 28 nitrogen and oxygen atoms in total. The summed E-state index contributed by atoms with van der Waals surface area (Å²) in [5.74, 6) is -2.75. The molecule has 1 aliphatic carbocycles. The van der Waals surface area contributed by atoms with Gasteiger partial charge in [-0.3, -0.25) is 33.7 Å². The van der Waals surface area contributed by atoms with Crippen molar-refractivity contribution in [2.75, 3.05) is 117 Å². The zero-order valence-electron chi connectivity index (χ0n) is 56.8. The first-order valence-electron chi connectivity index (χ1n) is 33.6. The Hall–Kier alpha value is -6.72. The molecule has 3 aromatic carbocycles. The first-order valence-corrected chi connectivity index (χ1v) is 39.3. The summed E-state index contributed by atoms with van der Waals surface area (Å²) in [6.07, 6.45) is -1.90. The van der Waals surface area contributed by atoms with Gasteiger partial charge in [0.2, 0.25) is 21.6 Å². The average molecular weight is 1480 g/mol. The minimum absolute atomic E-state index is 0.0912. The Morgan fingerprint density at radius 2 is 1.02 bits per heavy atom. The molecule has 8 saturated heterocycles. The molecule has 3 aromatic rings. The lowest BCUT2D eigenvalue weighted by atomic mass is 9.53. The van der Waals surface area contributed by atoms with Gasteiger partial charge in [0.15, 0.2) is 9.74 Å². The molecule has 8 atom stereocenters. The molecule has 0 saturated carbocycles. The Morgan fingerprint density at radius 3 is 1.57 bits per heavy atom. The van der Waals surface area contributed by atoms with Crippen LogP contribution >= 0.6 is 43.2 Å². The highest BCUT2D eigenvalue weighted by Crippen LogP contribution is 2.80. The number of nitrogens with one attached hydrogen (secondary N) is 3. The molecule has 0 radical (unpaired) electrons. The highest BCUT2D eigenvalue weighted by Gasteiger charge is 2.89. The van der Waals surface area contributed by atoms with Crippen LogP contribution in [0.1, 0.15) is 102 Å². The summed E-state index contributed by atoms with van der Waals surface area (Å²) in [7, 11) is 2.55. The molecule has 33 heteroatoms. The number of ether oxygens (including phenoxy) is 9. The van der Waals surface area contributed by atoms with Crippen molar-refractivity contribution in [3.05, 3.63) is 95.6 Å². The van der Waals surface area contributed by atoms with E-state index in [0.717, 1.165) is 55.2 Å². The van der Waals surface area contributed by atoms with Gasteiger partial charge in [-0.05, 0) is 116 Å². The van der Waals surface area contributed by atoms with E-state index in [2.05, 4.69) is 16.0 Å². The number of carbonyl (C=O) groups excluding carboxylic acids is 9. The number of likely N-dealkylation sites (N-methyl/N-ethyl adjacent to an activating group) is 2. The molecule has 2 spiro atoms. The van der Waals surface area contributed by atoms with E-state index in [9.17, 15) is 24.0 Å². The highest BCUT2D eigenvalue weighted by molar-refractivity contribution is 8.78. The maximum Gasteiger partial charge on any atom is 0.508 e. The topological polar surface area (TPSA) is 323 Å². The van der Waals surface area contributed by atoms with Gasteiger partial charge in [0, 0.05) is 77.5 Å². The van der Waals surface area contributed by atoms with Crippen molar-refractivity contribution in [3.63, 3.8) is 0 Å². The Morgan fingerprint density at radius 1 is 0.540 bits per heavy atom. The SMILES string of the molecule is CCCOCCOCCNC(=O)CCCCOC(=O)OC[C@]12SS[C@@]3(C[C@]4([C@]56C[C@@]78SS[C@@](COC(=O)OCCCCC(=O)NCCOCCOCCNC(=O)OC(C)(C)C)(C(=O)N7[C@H]5N(S(=O)(=O)c5ccccc5)c5ccccc56)N(C)C8=O)c5ccccc5C[C@@H]4N3C1=O)C(=O)N2C. The van der Waals surface area contributed by atoms with Gasteiger partial charge in [-0.1, -0.05) is 89.2 Å². The molecule has 4 bridgehead atoms. The smallest absolute Gasteiger partial charge is 0.444 e. The number of fused-ring (bicyclic) bond motifs is 11. The van der Waals surface area contributed by atoms with Gasteiger partial charge >= 0.3 is 18.4 Å². The number of carbonyl (C=O) groups is 9. The minimum Gasteiger partial charge on any atom is -0.444 e. The van der Waals surface area contributed by atoms with Crippen LogP contribution in [-0.4, -0.2) is 232 Å². The maximum atomic E-state index is 16.4. The third-order valence-electron chi connectivity index (χ3n) is 19.3. The molecule has 0 aromatic heterocycles. The lowest BCUT2D eigenvalue weighted by molar-refractivity contribution is -0.167. The van der Waals surface area contributed by atoms with Crippen molar-refractivity contribution in [2.24, 2.45) is 0 Å². The molecule has 8 fully saturated rings. The largest absolute Gasteiger partial charge is 0.508 e. The number of hydrogen-bond donors (Lipinski definition) is 3. The van der Waals surface area contributed by atoms with Crippen molar-refractivity contribution in [1.82, 2.24) is 35.6 Å². The number of rotatable bonds is 34. The number of piperazine rings is 2. The normalized spacial score (nSPS) is 26.6. The molecule has 9 aliphatic heterocycles. The molecular weight excluding hydrogens is 1400 g/mol. The lowest BCUT2D eigenvalue weighted by Crippen LogP contribution is -2.78. The standard InChI is InChI=1S/C67H86N8O20S5/c1-7-30-87-36-37-88-33-27-68-51(76)25-15-17-31-91-59(83)93-43-66-56(80)73-50-40-45-19-11-12-22-47(45)62(50,41-64(73,96-98-66)54(78)71(66)5)63-42-65-55(79)72(6)67(99-97-65,57(81)74(65)53(63)75(49-24-14-13-23-48(49)63)100(85,86)46-20-9-8-10-21-46)44-94-60(84)92-32-18-16-26-52(77)69-28-34-89-38-39-90-35-29-70-58(82)95-61(2,3)4/h8-14,19-24,50,53H,7,15-18,25-44H2,1-6H3,(H,68,76)(H,69,77)(H,70,82)/t50-,53-,62-,63-,64-,65-,66-,67-/m0/s1. The second kappa shape index (κ2) is 30.7. The first kappa shape index (κ1) is 74.5. The van der Waals surface area contributed by atoms with Gasteiger partial charge in [-0.2, -0.15) is 0 Å². The van der Waals surface area contributed by atoms with E-state index >= 15 is 27.6 Å². The fourth-order valence-corrected chi connectivity index (χ4v) is 23.9. The second-order valence-electron chi connectivity index (χ2n) is 26.5. The number of benzene rings is 3. The predicted octanol–water partition coefficient (Wildman–Crippen LogP) is 6.19. The van der Waals surface area contributed by atoms with E-state index in [4.69, 9.17) is 42.6 Å². The van der Waals surface area contributed by atoms with Crippen LogP contribution in [0.25, 0.3) is 0 Å². The summed E-state index contributed by atoms with van der Waals surface area (Å²) < 4.78 is 82.8. The number of para-hydroxylation sites is 1. The summed E-state index contributed by atoms with van der Waals surface area (Å²) in [4.78, 5) is 126. The van der Waals surface area contributed by atoms with E-state index in [1.54, 1.807) is 62.1 Å². The monoisotopic (exact) mass is 1480 g/mol. The molecule has 0 unspecified atom stereocenters. The number of amides is 7. The van der Waals surface area contributed by atoms with E-state index in [0.29, 0.717) is 63.4 Å². The van der Waals surface area contributed by atoms with Crippen molar-refractivity contribution in [2.45, 2.75) is 145 Å². The summed E-state index contributed by atoms with van der Waals surface area (Å²) in [6, 6.07) is 21.3. The van der Waals surface area contributed by atoms with E-state index < -0.39 is 113 Å². The van der Waals surface area contributed by atoms with Gasteiger partial charge in [0.05, 0.1) is 75.5 Å². The van der Waals surface area contributed by atoms with Crippen molar-refractivity contribution in [3.8, 4) is 0 Å². The molecule has 544 valence electrons. The predicted molar refractivity (Wildman–Crippen MR) is 370 cm³/mol. The van der Waals surface area contributed by atoms with Crippen molar-refractivity contribution in [1.29, 1.82) is 0 Å². The molecule has 7 amide bonds. The number of anilines is 1. The van der Waals surface area contributed by atoms with Gasteiger partial charge in [0.1, 0.15) is 25.0 Å². The van der Waals surface area contributed by atoms with Crippen LogP contribution < -0.4 is 20.3 Å². The van der Waals surface area contributed by atoms with Gasteiger partial charge < -0.3 is 73.3 Å². The lowest BCUT2D eigenvalue weighted by Gasteiger charge is -2.58. The molecule has 3 N–H and O–H groups in total. The van der Waals surface area contributed by atoms with Crippen LogP contribution in [0.5, 0.6) is 0 Å². The van der Waals surface area contributed by atoms with Crippen LogP contribution in [0, 0.1) is 0 Å². The van der Waals surface area contributed by atoms with Gasteiger partial charge in [-0.25, -0.2) is 27.1 Å². The van der Waals surface area contributed by atoms with Gasteiger partial charge in [0.25, 0.3) is 33.7 Å². The van der Waals surface area contributed by atoms with Crippen molar-refractivity contribution >= 4 is 113 Å². The quantitative estimate of drug-likeness (QED) is 0.0260. The molecular formula is C67H86N8O20S5. The Balaban J connectivity index is 0.790.